The van der Waals surface area contributed by atoms with Gasteiger partial charge in [-0.1, -0.05) is 17.2 Å². The molecule has 1 amide bonds. The van der Waals surface area contributed by atoms with E-state index in [4.69, 9.17) is 4.42 Å². The first-order chi connectivity index (χ1) is 13.6. The van der Waals surface area contributed by atoms with Crippen molar-refractivity contribution in [3.05, 3.63) is 36.5 Å². The van der Waals surface area contributed by atoms with Crippen molar-refractivity contribution in [2.45, 2.75) is 38.6 Å². The molecule has 5 rings (SSSR count). The van der Waals surface area contributed by atoms with Crippen LogP contribution in [0, 0.1) is 5.41 Å². The fourth-order valence-corrected chi connectivity index (χ4v) is 4.00. The number of nitrogens with one attached hydrogen (secondary N) is 1. The number of piperidine rings is 1. The van der Waals surface area contributed by atoms with Crippen molar-refractivity contribution < 1.29 is 9.21 Å². The van der Waals surface area contributed by atoms with E-state index >= 15 is 0 Å². The molecule has 1 N–H and O–H groups in total. The van der Waals surface area contributed by atoms with Crippen molar-refractivity contribution in [3.63, 3.8) is 0 Å². The molecule has 2 aliphatic rings. The van der Waals surface area contributed by atoms with Crippen LogP contribution in [0.1, 0.15) is 32.6 Å². The Bertz CT molecular complexity index is 1020. The number of likely N-dealkylation sites (tertiary alicyclic amines) is 1. The molecule has 7 heteroatoms. The molecular formula is C21H23N5O2. The van der Waals surface area contributed by atoms with E-state index in [2.05, 4.69) is 20.5 Å². The molecule has 1 aliphatic carbocycles. The van der Waals surface area contributed by atoms with Crippen LogP contribution in [0.25, 0.3) is 22.4 Å². The Labute approximate surface area is 163 Å². The van der Waals surface area contributed by atoms with Gasteiger partial charge in [0.2, 0.25) is 11.8 Å². The van der Waals surface area contributed by atoms with Crippen molar-refractivity contribution in [2.24, 2.45) is 5.41 Å². The normalized spacial score (nSPS) is 19.0. The molecule has 3 heterocycles. The molecule has 1 spiro atoms. The van der Waals surface area contributed by atoms with Gasteiger partial charge in [-0.15, -0.1) is 5.10 Å². The van der Waals surface area contributed by atoms with Crippen molar-refractivity contribution in [1.82, 2.24) is 20.1 Å². The Morgan fingerprint density at radius 3 is 2.79 bits per heavy atom. The summed E-state index contributed by atoms with van der Waals surface area (Å²) in [6, 6.07) is 9.59. The van der Waals surface area contributed by atoms with E-state index < -0.39 is 6.04 Å². The number of hydrogen-bond donors (Lipinski definition) is 1. The highest BCUT2D eigenvalue weighted by Crippen LogP contribution is 2.53. The first kappa shape index (κ1) is 17.2. The highest BCUT2D eigenvalue weighted by Gasteiger charge is 2.45. The molecule has 28 heavy (non-hydrogen) atoms. The summed E-state index contributed by atoms with van der Waals surface area (Å²) in [6.07, 6.45) is 6.68. The monoisotopic (exact) mass is 377 g/mol. The van der Waals surface area contributed by atoms with Gasteiger partial charge in [-0.3, -0.25) is 9.78 Å². The Hall–Kier alpha value is -2.96. The lowest BCUT2D eigenvalue weighted by molar-refractivity contribution is -0.133. The molecular weight excluding hydrogens is 354 g/mol. The van der Waals surface area contributed by atoms with Gasteiger partial charge in [0, 0.05) is 30.2 Å². The zero-order valence-corrected chi connectivity index (χ0v) is 15.9. The maximum atomic E-state index is 12.7. The van der Waals surface area contributed by atoms with Crippen LogP contribution in [-0.2, 0) is 4.79 Å². The Morgan fingerprint density at radius 2 is 2.00 bits per heavy atom. The van der Waals surface area contributed by atoms with Crippen LogP contribution in [0.5, 0.6) is 0 Å². The highest BCUT2D eigenvalue weighted by molar-refractivity contribution is 5.84. The summed E-state index contributed by atoms with van der Waals surface area (Å²) in [7, 11) is 0. The van der Waals surface area contributed by atoms with E-state index in [9.17, 15) is 4.79 Å². The number of fused-ring (bicyclic) bond motifs is 1. The summed E-state index contributed by atoms with van der Waals surface area (Å²) < 4.78 is 5.74. The first-order valence-electron chi connectivity index (χ1n) is 9.86. The maximum absolute atomic E-state index is 12.7. The third-order valence-electron chi connectivity index (χ3n) is 6.08. The molecule has 0 radical (unpaired) electrons. The lowest BCUT2D eigenvalue weighted by Crippen LogP contribution is -2.45. The summed E-state index contributed by atoms with van der Waals surface area (Å²) in [4.78, 5) is 19.0. The number of hydrogen-bond acceptors (Lipinski definition) is 6. The van der Waals surface area contributed by atoms with Crippen LogP contribution in [0.2, 0.25) is 0 Å². The minimum Gasteiger partial charge on any atom is -0.403 e. The topological polar surface area (TPSA) is 84.1 Å². The quantitative estimate of drug-likeness (QED) is 0.749. The number of aromatic nitrogens is 3. The van der Waals surface area contributed by atoms with Crippen LogP contribution in [0.4, 0.5) is 6.01 Å². The fraction of sp³-hybridized carbons (Fsp3) is 0.429. The zero-order valence-electron chi connectivity index (χ0n) is 15.9. The molecule has 2 aromatic heterocycles. The third-order valence-corrected chi connectivity index (χ3v) is 6.08. The smallest absolute Gasteiger partial charge is 0.316 e. The summed E-state index contributed by atoms with van der Waals surface area (Å²) in [5.41, 5.74) is 2.23. The number of pyridine rings is 1. The molecule has 0 bridgehead atoms. The van der Waals surface area contributed by atoms with Crippen LogP contribution < -0.4 is 5.32 Å². The average molecular weight is 377 g/mol. The Morgan fingerprint density at radius 1 is 1.18 bits per heavy atom. The summed E-state index contributed by atoms with van der Waals surface area (Å²) in [5, 5.41) is 12.3. The lowest BCUT2D eigenvalue weighted by atomic mass is 9.93. The first-order valence-corrected chi connectivity index (χ1v) is 9.86. The molecule has 7 nitrogen and oxygen atoms in total. The maximum Gasteiger partial charge on any atom is 0.316 e. The van der Waals surface area contributed by atoms with E-state index in [1.54, 1.807) is 6.20 Å². The molecule has 144 valence electrons. The SMILES string of the molecule is C[C@H](Nc1nnc(-c2ccc3cccnc3c2)o1)C(=O)N1CCC2(CC1)CC2. The molecule has 0 unspecified atom stereocenters. The summed E-state index contributed by atoms with van der Waals surface area (Å²) in [5.74, 6) is 0.494. The molecule has 1 saturated carbocycles. The molecule has 1 aliphatic heterocycles. The van der Waals surface area contributed by atoms with Crippen LogP contribution in [0.15, 0.2) is 40.9 Å². The molecule has 3 aromatic rings. The second kappa shape index (κ2) is 6.58. The number of carbonyl (C=O) groups is 1. The Kier molecular flexibility index (Phi) is 4.03. The molecule has 2 fully saturated rings. The largest absolute Gasteiger partial charge is 0.403 e. The molecule has 1 aromatic carbocycles. The van der Waals surface area contributed by atoms with Crippen LogP contribution in [0.3, 0.4) is 0 Å². The van der Waals surface area contributed by atoms with Gasteiger partial charge >= 0.3 is 6.01 Å². The number of benzene rings is 1. The van der Waals surface area contributed by atoms with Gasteiger partial charge in [-0.25, -0.2) is 0 Å². The number of amides is 1. The van der Waals surface area contributed by atoms with E-state index in [0.717, 1.165) is 42.4 Å². The highest BCUT2D eigenvalue weighted by atomic mass is 16.4. The lowest BCUT2D eigenvalue weighted by Gasteiger charge is -2.33. The van der Waals surface area contributed by atoms with Crippen molar-refractivity contribution in [2.75, 3.05) is 18.4 Å². The zero-order chi connectivity index (χ0) is 19.1. The van der Waals surface area contributed by atoms with E-state index in [-0.39, 0.29) is 11.9 Å². The minimum absolute atomic E-state index is 0.0881. The van der Waals surface area contributed by atoms with E-state index in [0.29, 0.717) is 11.3 Å². The van der Waals surface area contributed by atoms with Gasteiger partial charge in [0.1, 0.15) is 6.04 Å². The third kappa shape index (κ3) is 3.21. The van der Waals surface area contributed by atoms with Gasteiger partial charge in [0.25, 0.3) is 0 Å². The number of nitrogens with zero attached hydrogens (tertiary/aromatic N) is 4. The van der Waals surface area contributed by atoms with Gasteiger partial charge in [-0.05, 0) is 56.2 Å². The Balaban J connectivity index is 1.25. The predicted molar refractivity (Wildman–Crippen MR) is 106 cm³/mol. The van der Waals surface area contributed by atoms with Crippen molar-refractivity contribution >= 4 is 22.8 Å². The summed E-state index contributed by atoms with van der Waals surface area (Å²) >= 11 is 0. The second-order valence-corrected chi connectivity index (χ2v) is 8.01. The molecule has 1 saturated heterocycles. The van der Waals surface area contributed by atoms with Gasteiger partial charge < -0.3 is 14.6 Å². The molecule has 1 atom stereocenters. The minimum atomic E-state index is -0.403. The summed E-state index contributed by atoms with van der Waals surface area (Å²) in [6.45, 7) is 3.54. The van der Waals surface area contributed by atoms with Gasteiger partial charge in [0.15, 0.2) is 0 Å². The second-order valence-electron chi connectivity index (χ2n) is 8.01. The number of anilines is 1. The van der Waals surface area contributed by atoms with E-state index in [1.165, 1.54) is 12.8 Å². The number of carbonyl (C=O) groups excluding carboxylic acids is 1. The van der Waals surface area contributed by atoms with Crippen molar-refractivity contribution in [1.29, 1.82) is 0 Å². The standard InChI is InChI=1S/C21H23N5O2/c1-14(19(27)26-11-8-21(6-7-21)9-12-26)23-20-25-24-18(28-20)16-5-4-15-3-2-10-22-17(15)13-16/h2-5,10,13-14H,6-9,11-12H2,1H3,(H,23,25)/t14-/m0/s1. The van der Waals surface area contributed by atoms with E-state index in [1.807, 2.05) is 42.2 Å². The predicted octanol–water partition coefficient (Wildman–Crippen LogP) is 3.49. The number of rotatable bonds is 4. The fourth-order valence-electron chi connectivity index (χ4n) is 4.00. The van der Waals surface area contributed by atoms with Crippen LogP contribution in [-0.4, -0.2) is 45.1 Å². The van der Waals surface area contributed by atoms with Gasteiger partial charge in [-0.2, -0.15) is 0 Å². The van der Waals surface area contributed by atoms with Gasteiger partial charge in [0.05, 0.1) is 5.52 Å². The van der Waals surface area contributed by atoms with Crippen LogP contribution >= 0.6 is 0 Å². The average Bonchev–Trinajstić information content (AvgIpc) is 3.31. The van der Waals surface area contributed by atoms with Crippen molar-refractivity contribution in [3.8, 4) is 11.5 Å².